The lowest BCUT2D eigenvalue weighted by atomic mass is 9.88. The summed E-state index contributed by atoms with van der Waals surface area (Å²) in [6.07, 6.45) is 2.60. The monoisotopic (exact) mass is 535 g/mol. The predicted molar refractivity (Wildman–Crippen MR) is 155 cm³/mol. The van der Waals surface area contributed by atoms with Gasteiger partial charge in [0, 0.05) is 24.6 Å². The summed E-state index contributed by atoms with van der Waals surface area (Å²) in [6, 6.07) is 28.5. The van der Waals surface area contributed by atoms with Gasteiger partial charge in [0.05, 0.1) is 17.9 Å². The third-order valence-electron chi connectivity index (χ3n) is 7.20. The zero-order valence-electron chi connectivity index (χ0n) is 21.7. The summed E-state index contributed by atoms with van der Waals surface area (Å²) < 4.78 is 3.38. The van der Waals surface area contributed by atoms with Crippen molar-refractivity contribution >= 4 is 28.7 Å². The lowest BCUT2D eigenvalue weighted by Crippen LogP contribution is -2.31. The van der Waals surface area contributed by atoms with Crippen molar-refractivity contribution in [1.82, 2.24) is 24.6 Å². The Hall–Kier alpha value is -4.17. The third kappa shape index (κ3) is 5.12. The highest BCUT2D eigenvalue weighted by Gasteiger charge is 2.29. The number of aryl methyl sites for hydroxylation is 1. The number of fused-ring (bicyclic) bond motifs is 2. The molecule has 6 rings (SSSR count). The van der Waals surface area contributed by atoms with Crippen LogP contribution in [0.5, 0.6) is 0 Å². The van der Waals surface area contributed by atoms with E-state index in [0.717, 1.165) is 17.7 Å². The minimum atomic E-state index is -0.240. The Kier molecular flexibility index (Phi) is 7.02. The first-order valence-electron chi connectivity index (χ1n) is 13.1. The van der Waals surface area contributed by atoms with E-state index in [1.54, 1.807) is 15.4 Å². The van der Waals surface area contributed by atoms with Gasteiger partial charge in [0.25, 0.3) is 5.56 Å². The number of thioether (sulfide) groups is 1. The van der Waals surface area contributed by atoms with E-state index in [1.807, 2.05) is 67.6 Å². The second kappa shape index (κ2) is 10.9. The average Bonchev–Trinajstić information content (AvgIpc) is 3.57. The minimum Gasteiger partial charge on any atom is -0.356 e. The first kappa shape index (κ1) is 25.1. The molecule has 0 saturated heterocycles. The van der Waals surface area contributed by atoms with E-state index in [0.29, 0.717) is 28.5 Å². The predicted octanol–water partition coefficient (Wildman–Crippen LogP) is 5.27. The first-order chi connectivity index (χ1) is 19.1. The summed E-state index contributed by atoms with van der Waals surface area (Å²) in [5, 5.41) is 8.64. The van der Waals surface area contributed by atoms with Crippen LogP contribution >= 0.6 is 11.8 Å². The van der Waals surface area contributed by atoms with Crippen molar-refractivity contribution < 1.29 is 4.79 Å². The molecule has 1 amide bonds. The van der Waals surface area contributed by atoms with Crippen LogP contribution in [0, 0.1) is 6.92 Å². The summed E-state index contributed by atoms with van der Waals surface area (Å²) in [4.78, 5) is 31.2. The van der Waals surface area contributed by atoms with E-state index in [4.69, 9.17) is 4.98 Å². The molecular weight excluding hydrogens is 506 g/mol. The van der Waals surface area contributed by atoms with Crippen LogP contribution in [-0.4, -0.2) is 37.5 Å². The Bertz CT molecular complexity index is 1640. The summed E-state index contributed by atoms with van der Waals surface area (Å²) in [5.41, 5.74) is 4.82. The number of hydrogen-bond acceptors (Lipinski definition) is 5. The molecule has 2 aromatic heterocycles. The van der Waals surface area contributed by atoms with Gasteiger partial charge in [0.1, 0.15) is 5.39 Å². The lowest BCUT2D eigenvalue weighted by molar-refractivity contribution is -0.121. The summed E-state index contributed by atoms with van der Waals surface area (Å²) in [7, 11) is 0. The fourth-order valence-electron chi connectivity index (χ4n) is 5.27. The number of nitrogens with zero attached hydrogens (tertiary/aromatic N) is 4. The van der Waals surface area contributed by atoms with Crippen LogP contribution in [0.3, 0.4) is 0 Å². The molecule has 0 bridgehead atoms. The fraction of sp³-hybridized carbons (Fsp3) is 0.226. The Labute approximate surface area is 230 Å². The quantitative estimate of drug-likeness (QED) is 0.274. The van der Waals surface area contributed by atoms with Gasteiger partial charge >= 0.3 is 0 Å². The zero-order chi connectivity index (χ0) is 26.8. The molecular formula is C31H29N5O2S. The molecule has 3 aromatic carbocycles. The summed E-state index contributed by atoms with van der Waals surface area (Å²) in [5.74, 6) is 0.771. The fourth-order valence-corrected chi connectivity index (χ4v) is 6.40. The second-order valence-corrected chi connectivity index (χ2v) is 10.9. The summed E-state index contributed by atoms with van der Waals surface area (Å²) in [6.45, 7) is 2.57. The van der Waals surface area contributed by atoms with Gasteiger partial charge in [-0.25, -0.2) is 9.67 Å². The number of aromatic nitrogens is 4. The number of rotatable bonds is 8. The van der Waals surface area contributed by atoms with Crippen LogP contribution in [-0.2, 0) is 4.79 Å². The molecule has 1 unspecified atom stereocenters. The van der Waals surface area contributed by atoms with Crippen molar-refractivity contribution in [2.75, 3.05) is 12.3 Å². The molecule has 0 saturated carbocycles. The maximum absolute atomic E-state index is 13.5. The van der Waals surface area contributed by atoms with Gasteiger partial charge in [-0.05, 0) is 42.2 Å². The van der Waals surface area contributed by atoms with Gasteiger partial charge in [-0.1, -0.05) is 84.6 Å². The second-order valence-electron chi connectivity index (χ2n) is 9.88. The van der Waals surface area contributed by atoms with Crippen molar-refractivity contribution in [2.24, 2.45) is 0 Å². The molecule has 1 N–H and O–H groups in total. The van der Waals surface area contributed by atoms with E-state index in [1.165, 1.54) is 22.9 Å². The standard InChI is InChI=1S/C31H29N5O2S/c1-21-9-8-14-24(17-21)36-29-27(19-33-36)30(38)35-25(20-39-31(35)34-29)18-28(37)32-16-15-26(22-10-4-2-5-11-22)23-12-6-3-7-13-23/h2-14,17,19,25-26H,15-16,18,20H2,1H3,(H,32,37). The van der Waals surface area contributed by atoms with Crippen molar-refractivity contribution in [3.8, 4) is 5.69 Å². The molecule has 1 aliphatic rings. The van der Waals surface area contributed by atoms with Gasteiger partial charge in [0.15, 0.2) is 10.8 Å². The molecule has 196 valence electrons. The smallest absolute Gasteiger partial charge is 0.265 e. The van der Waals surface area contributed by atoms with E-state index in [2.05, 4.69) is 34.7 Å². The van der Waals surface area contributed by atoms with Crippen LogP contribution in [0.25, 0.3) is 16.7 Å². The highest BCUT2D eigenvalue weighted by atomic mass is 32.2. The Morgan fingerprint density at radius 3 is 2.44 bits per heavy atom. The maximum Gasteiger partial charge on any atom is 0.265 e. The van der Waals surface area contributed by atoms with E-state index in [9.17, 15) is 9.59 Å². The van der Waals surface area contributed by atoms with Crippen molar-refractivity contribution in [3.05, 3.63) is 118 Å². The maximum atomic E-state index is 13.5. The molecule has 5 aromatic rings. The summed E-state index contributed by atoms with van der Waals surface area (Å²) >= 11 is 1.51. The highest BCUT2D eigenvalue weighted by molar-refractivity contribution is 7.99. The van der Waals surface area contributed by atoms with Crippen LogP contribution in [0.4, 0.5) is 0 Å². The van der Waals surface area contributed by atoms with Gasteiger partial charge < -0.3 is 5.32 Å². The van der Waals surface area contributed by atoms with Crippen LogP contribution in [0.1, 0.15) is 41.5 Å². The van der Waals surface area contributed by atoms with E-state index in [-0.39, 0.29) is 29.8 Å². The molecule has 1 atom stereocenters. The lowest BCUT2D eigenvalue weighted by Gasteiger charge is -2.19. The number of amides is 1. The molecule has 0 aliphatic carbocycles. The van der Waals surface area contributed by atoms with Crippen LogP contribution in [0.2, 0.25) is 0 Å². The van der Waals surface area contributed by atoms with Crippen LogP contribution < -0.4 is 10.9 Å². The highest BCUT2D eigenvalue weighted by Crippen LogP contribution is 2.33. The van der Waals surface area contributed by atoms with Crippen LogP contribution in [0.15, 0.2) is 101 Å². The zero-order valence-corrected chi connectivity index (χ0v) is 22.5. The van der Waals surface area contributed by atoms with Crippen molar-refractivity contribution in [3.63, 3.8) is 0 Å². The van der Waals surface area contributed by atoms with E-state index < -0.39 is 0 Å². The molecule has 1 aliphatic heterocycles. The minimum absolute atomic E-state index is 0.0595. The Morgan fingerprint density at radius 2 is 1.74 bits per heavy atom. The third-order valence-corrected chi connectivity index (χ3v) is 8.29. The SMILES string of the molecule is Cc1cccc(-n2ncc3c(=O)n4c(nc32)SCC4CC(=O)NCCC(c2ccccc2)c2ccccc2)c1. The van der Waals surface area contributed by atoms with Gasteiger partial charge in [-0.3, -0.25) is 14.2 Å². The number of benzene rings is 3. The van der Waals surface area contributed by atoms with Gasteiger partial charge in [-0.15, -0.1) is 0 Å². The largest absolute Gasteiger partial charge is 0.356 e. The first-order valence-corrected chi connectivity index (χ1v) is 14.1. The average molecular weight is 536 g/mol. The molecule has 0 radical (unpaired) electrons. The van der Waals surface area contributed by atoms with Gasteiger partial charge in [0.2, 0.25) is 5.91 Å². The molecule has 39 heavy (non-hydrogen) atoms. The molecule has 0 spiro atoms. The van der Waals surface area contributed by atoms with E-state index >= 15 is 0 Å². The number of carbonyl (C=O) groups excluding carboxylic acids is 1. The molecule has 3 heterocycles. The number of hydrogen-bond donors (Lipinski definition) is 1. The molecule has 8 heteroatoms. The van der Waals surface area contributed by atoms with Crippen molar-refractivity contribution in [1.29, 1.82) is 0 Å². The topological polar surface area (TPSA) is 81.8 Å². The number of carbonyl (C=O) groups is 1. The van der Waals surface area contributed by atoms with Crippen molar-refractivity contribution in [2.45, 2.75) is 36.9 Å². The normalized spacial score (nSPS) is 14.6. The molecule has 7 nitrogen and oxygen atoms in total. The van der Waals surface area contributed by atoms with Gasteiger partial charge in [-0.2, -0.15) is 5.10 Å². The number of nitrogens with one attached hydrogen (secondary N) is 1. The Balaban J connectivity index is 1.16. The Morgan fingerprint density at radius 1 is 1.03 bits per heavy atom. The molecule has 0 fully saturated rings.